The number of alkyl halides is 3. The lowest BCUT2D eigenvalue weighted by Gasteiger charge is -2.57. The van der Waals surface area contributed by atoms with Gasteiger partial charge in [0.1, 0.15) is 5.76 Å². The molecule has 3 aliphatic rings. The molecule has 2 aliphatic heterocycles. The number of rotatable bonds is 4. The molecule has 5 rings (SSSR count). The zero-order chi connectivity index (χ0) is 26.3. The summed E-state index contributed by atoms with van der Waals surface area (Å²) in [5.74, 6) is -1.48. The molecule has 36 heavy (non-hydrogen) atoms. The minimum Gasteiger partial charge on any atom is -0.475 e. The summed E-state index contributed by atoms with van der Waals surface area (Å²) in [4.78, 5) is 27.2. The Bertz CT molecular complexity index is 1100. The minimum atomic E-state index is -5.08. The van der Waals surface area contributed by atoms with E-state index in [4.69, 9.17) is 14.4 Å². The van der Waals surface area contributed by atoms with Gasteiger partial charge in [0.2, 0.25) is 5.91 Å². The summed E-state index contributed by atoms with van der Waals surface area (Å²) in [6.07, 6.45) is 0.339. The van der Waals surface area contributed by atoms with Crippen LogP contribution in [-0.4, -0.2) is 63.3 Å². The van der Waals surface area contributed by atoms with Crippen LogP contribution in [0.2, 0.25) is 0 Å². The average molecular weight is 508 g/mol. The Morgan fingerprint density at radius 1 is 1.06 bits per heavy atom. The first-order valence-electron chi connectivity index (χ1n) is 12.2. The van der Waals surface area contributed by atoms with Crippen LogP contribution in [-0.2, 0) is 21.5 Å². The first kappa shape index (κ1) is 26.2. The molecule has 1 N–H and O–H groups in total. The molecule has 7 nitrogen and oxygen atoms in total. The predicted molar refractivity (Wildman–Crippen MR) is 125 cm³/mol. The predicted octanol–water partition coefficient (Wildman–Crippen LogP) is 4.53. The summed E-state index contributed by atoms with van der Waals surface area (Å²) >= 11 is 0. The smallest absolute Gasteiger partial charge is 0.475 e. The number of hydrogen-bond acceptors (Lipinski definition) is 5. The van der Waals surface area contributed by atoms with Gasteiger partial charge in [-0.3, -0.25) is 9.69 Å². The van der Waals surface area contributed by atoms with Gasteiger partial charge in [0.05, 0.1) is 11.1 Å². The second-order valence-electron chi connectivity index (χ2n) is 10.3. The first-order chi connectivity index (χ1) is 16.9. The van der Waals surface area contributed by atoms with Crippen LogP contribution in [0.15, 0.2) is 28.8 Å². The lowest BCUT2D eigenvalue weighted by atomic mass is 9.76. The van der Waals surface area contributed by atoms with Crippen LogP contribution in [0, 0.1) is 20.8 Å². The Hall–Kier alpha value is -2.88. The number of likely N-dealkylation sites (tertiary alicyclic amines) is 2. The number of amides is 1. The summed E-state index contributed by atoms with van der Waals surface area (Å²) in [5.41, 5.74) is 4.53. The fraction of sp³-hybridized carbons (Fsp3) is 0.577. The summed E-state index contributed by atoms with van der Waals surface area (Å²) < 4.78 is 37.1. The maximum Gasteiger partial charge on any atom is 0.490 e. The van der Waals surface area contributed by atoms with Crippen LogP contribution in [0.3, 0.4) is 0 Å². The van der Waals surface area contributed by atoms with E-state index in [0.717, 1.165) is 56.9 Å². The van der Waals surface area contributed by atoms with Gasteiger partial charge in [0.15, 0.2) is 0 Å². The van der Waals surface area contributed by atoms with Crippen LogP contribution >= 0.6 is 0 Å². The van der Waals surface area contributed by atoms with E-state index in [1.807, 2.05) is 13.8 Å². The number of carboxylic acid groups (broad SMARTS) is 1. The second kappa shape index (κ2) is 9.53. The highest BCUT2D eigenvalue weighted by Gasteiger charge is 2.56. The number of benzene rings is 1. The summed E-state index contributed by atoms with van der Waals surface area (Å²) in [5, 5.41) is 11.2. The van der Waals surface area contributed by atoms with Crippen molar-refractivity contribution >= 4 is 11.9 Å². The van der Waals surface area contributed by atoms with Crippen LogP contribution in [0.1, 0.15) is 60.2 Å². The molecule has 2 saturated heterocycles. The lowest BCUT2D eigenvalue weighted by Crippen LogP contribution is -2.67. The van der Waals surface area contributed by atoms with E-state index in [1.165, 1.54) is 29.5 Å². The van der Waals surface area contributed by atoms with E-state index in [0.29, 0.717) is 5.91 Å². The quantitative estimate of drug-likeness (QED) is 0.654. The molecule has 1 atom stereocenters. The van der Waals surface area contributed by atoms with Gasteiger partial charge in [-0.25, -0.2) is 4.79 Å². The van der Waals surface area contributed by atoms with E-state index in [1.54, 1.807) is 0 Å². The van der Waals surface area contributed by atoms with Crippen LogP contribution in [0.4, 0.5) is 13.2 Å². The highest BCUT2D eigenvalue weighted by atomic mass is 19.4. The molecule has 0 bridgehead atoms. The van der Waals surface area contributed by atoms with Gasteiger partial charge in [-0.1, -0.05) is 35.0 Å². The molecule has 0 radical (unpaired) electrons. The van der Waals surface area contributed by atoms with Gasteiger partial charge in [-0.05, 0) is 58.4 Å². The van der Waals surface area contributed by atoms with Crippen LogP contribution in [0.25, 0.3) is 0 Å². The molecular weight excluding hydrogens is 475 g/mol. The SMILES string of the molecule is Cc1ccc(C2(C(=O)N3CCCC4(CCN4Cc4c(C)noc4C)C3)CC2)cc1.O=C(O)C(F)(F)F. The molecule has 1 aromatic heterocycles. The number of aliphatic carboxylic acids is 1. The van der Waals surface area contributed by atoms with E-state index < -0.39 is 12.1 Å². The maximum absolute atomic E-state index is 13.6. The summed E-state index contributed by atoms with van der Waals surface area (Å²) in [7, 11) is 0. The molecule has 1 unspecified atom stereocenters. The zero-order valence-electron chi connectivity index (χ0n) is 20.8. The van der Waals surface area contributed by atoms with Crippen molar-refractivity contribution in [3.63, 3.8) is 0 Å². The van der Waals surface area contributed by atoms with Gasteiger partial charge in [0, 0.05) is 37.3 Å². The second-order valence-corrected chi connectivity index (χ2v) is 10.3. The van der Waals surface area contributed by atoms with Crippen molar-refractivity contribution < 1.29 is 32.4 Å². The Morgan fingerprint density at radius 2 is 1.69 bits per heavy atom. The number of carboxylic acids is 1. The number of aryl methyl sites for hydroxylation is 3. The van der Waals surface area contributed by atoms with Gasteiger partial charge in [-0.15, -0.1) is 0 Å². The Labute approximate surface area is 208 Å². The van der Waals surface area contributed by atoms with Gasteiger partial charge < -0.3 is 14.5 Å². The van der Waals surface area contributed by atoms with Crippen LogP contribution in [0.5, 0.6) is 0 Å². The fourth-order valence-electron chi connectivity index (χ4n) is 5.43. The molecule has 1 aromatic carbocycles. The maximum atomic E-state index is 13.6. The standard InChI is InChI=1S/C24H31N3O2.C2HF3O2/c1-17-5-7-20(8-6-17)24(10-11-24)22(28)26-13-4-9-23(16-26)12-14-27(23)15-21-18(2)25-29-19(21)3;3-2(4,5)1(6)7/h5-8H,4,9-16H2,1-3H3;(H,6,7). The molecule has 1 spiro atoms. The number of hydrogen-bond donors (Lipinski definition) is 1. The van der Waals surface area contributed by atoms with Gasteiger partial charge in [-0.2, -0.15) is 13.2 Å². The van der Waals surface area contributed by atoms with E-state index in [9.17, 15) is 18.0 Å². The molecule has 1 aliphatic carbocycles. The molecular formula is C26H32F3N3O4. The number of nitrogens with zero attached hydrogens (tertiary/aromatic N) is 3. The van der Waals surface area contributed by atoms with Crippen molar-refractivity contribution in [1.29, 1.82) is 0 Å². The van der Waals surface area contributed by atoms with Crippen molar-refractivity contribution in [3.05, 3.63) is 52.4 Å². The third-order valence-corrected chi connectivity index (χ3v) is 7.90. The van der Waals surface area contributed by atoms with Crippen molar-refractivity contribution in [2.24, 2.45) is 0 Å². The van der Waals surface area contributed by atoms with Crippen molar-refractivity contribution in [1.82, 2.24) is 15.0 Å². The molecule has 3 heterocycles. The molecule has 10 heteroatoms. The normalized spacial score (nSPS) is 23.0. The Morgan fingerprint density at radius 3 is 2.17 bits per heavy atom. The molecule has 1 amide bonds. The molecule has 1 saturated carbocycles. The van der Waals surface area contributed by atoms with E-state index in [-0.39, 0.29) is 11.0 Å². The Kier molecular flexibility index (Phi) is 6.94. The lowest BCUT2D eigenvalue weighted by molar-refractivity contribution is -0.192. The molecule has 3 fully saturated rings. The highest BCUT2D eigenvalue weighted by Crippen LogP contribution is 2.51. The minimum absolute atomic E-state index is 0.132. The monoisotopic (exact) mass is 507 g/mol. The number of carbonyl (C=O) groups is 2. The molecule has 2 aromatic rings. The van der Waals surface area contributed by atoms with Gasteiger partial charge >= 0.3 is 12.1 Å². The first-order valence-corrected chi connectivity index (χ1v) is 12.2. The summed E-state index contributed by atoms with van der Waals surface area (Å²) in [6, 6.07) is 8.59. The zero-order valence-corrected chi connectivity index (χ0v) is 20.8. The number of halogens is 3. The largest absolute Gasteiger partial charge is 0.490 e. The van der Waals surface area contributed by atoms with Gasteiger partial charge in [0.25, 0.3) is 0 Å². The van der Waals surface area contributed by atoms with Crippen molar-refractivity contribution in [3.8, 4) is 0 Å². The topological polar surface area (TPSA) is 86.9 Å². The number of piperidine rings is 1. The van der Waals surface area contributed by atoms with Crippen LogP contribution < -0.4 is 0 Å². The summed E-state index contributed by atoms with van der Waals surface area (Å²) in [6.45, 7) is 9.85. The van der Waals surface area contributed by atoms with Crippen molar-refractivity contribution in [2.45, 2.75) is 76.6 Å². The Balaban J connectivity index is 0.000000384. The number of carbonyl (C=O) groups excluding carboxylic acids is 1. The van der Waals surface area contributed by atoms with E-state index >= 15 is 0 Å². The van der Waals surface area contributed by atoms with E-state index in [2.05, 4.69) is 46.1 Å². The molecule has 196 valence electrons. The van der Waals surface area contributed by atoms with Crippen molar-refractivity contribution in [2.75, 3.05) is 19.6 Å². The third-order valence-electron chi connectivity index (χ3n) is 7.90. The third kappa shape index (κ3) is 5.00. The fourth-order valence-corrected chi connectivity index (χ4v) is 5.43. The number of aromatic nitrogens is 1. The highest BCUT2D eigenvalue weighted by molar-refractivity contribution is 5.91. The average Bonchev–Trinajstić information content (AvgIpc) is 3.57.